The summed E-state index contributed by atoms with van der Waals surface area (Å²) in [7, 11) is 0. The molecule has 0 aliphatic heterocycles. The maximum absolute atomic E-state index is 11.2. The van der Waals surface area contributed by atoms with Gasteiger partial charge in [0, 0.05) is 17.8 Å². The van der Waals surface area contributed by atoms with Crippen LogP contribution in [0.3, 0.4) is 0 Å². The molecular weight excluding hydrogens is 260 g/mol. The summed E-state index contributed by atoms with van der Waals surface area (Å²) in [6.07, 6.45) is 2.03. The molecule has 5 heteroatoms. The van der Waals surface area contributed by atoms with E-state index in [1.54, 1.807) is 18.3 Å². The molecule has 0 aliphatic carbocycles. The molecule has 0 saturated heterocycles. The van der Waals surface area contributed by atoms with Crippen LogP contribution in [0.1, 0.15) is 13.3 Å². The Morgan fingerprint density at radius 1 is 1.60 bits per heavy atom. The molecule has 1 aromatic rings. The second-order valence-electron chi connectivity index (χ2n) is 2.81. The summed E-state index contributed by atoms with van der Waals surface area (Å²) in [5, 5.41) is 3.38. The summed E-state index contributed by atoms with van der Waals surface area (Å²) >= 11 is 3.20. The number of carbonyl (C=O) groups excluding carboxylic acids is 1. The van der Waals surface area contributed by atoms with Gasteiger partial charge in [-0.3, -0.25) is 4.79 Å². The topological polar surface area (TPSA) is 51.2 Å². The van der Waals surface area contributed by atoms with E-state index in [2.05, 4.69) is 26.2 Å². The summed E-state index contributed by atoms with van der Waals surface area (Å²) in [5.41, 5.74) is 0.685. The van der Waals surface area contributed by atoms with E-state index in [-0.39, 0.29) is 5.91 Å². The Bertz CT molecular complexity index is 314. The van der Waals surface area contributed by atoms with Crippen molar-refractivity contribution in [3.8, 4) is 5.88 Å². The maximum atomic E-state index is 11.2. The van der Waals surface area contributed by atoms with Crippen molar-refractivity contribution in [3.63, 3.8) is 0 Å². The summed E-state index contributed by atoms with van der Waals surface area (Å²) in [6, 6.07) is 3.50. The number of anilines is 1. The molecular formula is C10H13BrN2O2. The van der Waals surface area contributed by atoms with Crippen molar-refractivity contribution >= 4 is 27.5 Å². The number of rotatable bonds is 5. The fraction of sp³-hybridized carbons (Fsp3) is 0.400. The second-order valence-corrected chi connectivity index (χ2v) is 3.60. The van der Waals surface area contributed by atoms with E-state index in [0.717, 1.165) is 0 Å². The Balaban J connectivity index is 2.52. The van der Waals surface area contributed by atoms with Gasteiger partial charge in [0.1, 0.15) is 0 Å². The molecule has 82 valence electrons. The number of alkyl halides is 1. The zero-order valence-corrected chi connectivity index (χ0v) is 10.1. The van der Waals surface area contributed by atoms with Crippen molar-refractivity contribution in [3.05, 3.63) is 18.3 Å². The van der Waals surface area contributed by atoms with Crippen LogP contribution in [0.25, 0.3) is 0 Å². The smallest absolute Gasteiger partial charge is 0.225 e. The Kier molecular flexibility index (Phi) is 5.10. The first-order chi connectivity index (χ1) is 7.26. The van der Waals surface area contributed by atoms with E-state index in [0.29, 0.717) is 29.9 Å². The van der Waals surface area contributed by atoms with Gasteiger partial charge in [0.05, 0.1) is 18.5 Å². The van der Waals surface area contributed by atoms with Crippen LogP contribution >= 0.6 is 15.9 Å². The SMILES string of the molecule is CCOc1ccc(NC(=O)CCBr)cn1. The predicted molar refractivity (Wildman–Crippen MR) is 62.4 cm³/mol. The van der Waals surface area contributed by atoms with E-state index in [9.17, 15) is 4.79 Å². The molecule has 1 aromatic heterocycles. The quantitative estimate of drug-likeness (QED) is 0.837. The van der Waals surface area contributed by atoms with Crippen LogP contribution in [0.4, 0.5) is 5.69 Å². The van der Waals surface area contributed by atoms with Gasteiger partial charge in [0.25, 0.3) is 0 Å². The number of pyridine rings is 1. The molecule has 0 aromatic carbocycles. The largest absolute Gasteiger partial charge is 0.478 e. The highest BCUT2D eigenvalue weighted by atomic mass is 79.9. The zero-order chi connectivity index (χ0) is 11.1. The minimum absolute atomic E-state index is 0.0298. The highest BCUT2D eigenvalue weighted by molar-refractivity contribution is 9.09. The number of hydrogen-bond acceptors (Lipinski definition) is 3. The van der Waals surface area contributed by atoms with Crippen LogP contribution in [0.5, 0.6) is 5.88 Å². The van der Waals surface area contributed by atoms with E-state index < -0.39 is 0 Å². The number of hydrogen-bond donors (Lipinski definition) is 1. The molecule has 0 bridgehead atoms. The maximum Gasteiger partial charge on any atom is 0.225 e. The number of aromatic nitrogens is 1. The van der Waals surface area contributed by atoms with Crippen molar-refractivity contribution in [1.82, 2.24) is 4.98 Å². The molecule has 0 saturated carbocycles. The van der Waals surface area contributed by atoms with Crippen LogP contribution in [0.2, 0.25) is 0 Å². The Labute approximate surface area is 97.2 Å². The predicted octanol–water partition coefficient (Wildman–Crippen LogP) is 2.20. The fourth-order valence-corrected chi connectivity index (χ4v) is 1.36. The number of halogens is 1. The minimum Gasteiger partial charge on any atom is -0.478 e. The number of nitrogens with one attached hydrogen (secondary N) is 1. The van der Waals surface area contributed by atoms with E-state index in [1.807, 2.05) is 6.92 Å². The van der Waals surface area contributed by atoms with Crippen molar-refractivity contribution in [2.45, 2.75) is 13.3 Å². The van der Waals surface area contributed by atoms with Crippen LogP contribution < -0.4 is 10.1 Å². The highest BCUT2D eigenvalue weighted by Crippen LogP contribution is 2.11. The Morgan fingerprint density at radius 2 is 2.40 bits per heavy atom. The first kappa shape index (κ1) is 12.0. The van der Waals surface area contributed by atoms with Gasteiger partial charge in [-0.2, -0.15) is 0 Å². The van der Waals surface area contributed by atoms with Crippen molar-refractivity contribution in [1.29, 1.82) is 0 Å². The molecule has 0 atom stereocenters. The number of ether oxygens (including phenoxy) is 1. The van der Waals surface area contributed by atoms with Crippen molar-refractivity contribution in [2.75, 3.05) is 17.3 Å². The molecule has 1 heterocycles. The molecule has 1 N–H and O–H groups in total. The lowest BCUT2D eigenvalue weighted by Crippen LogP contribution is -2.11. The van der Waals surface area contributed by atoms with Gasteiger partial charge in [0.15, 0.2) is 0 Å². The summed E-state index contributed by atoms with van der Waals surface area (Å²) in [5.74, 6) is 0.536. The minimum atomic E-state index is -0.0298. The van der Waals surface area contributed by atoms with Crippen LogP contribution in [0, 0.1) is 0 Å². The first-order valence-corrected chi connectivity index (χ1v) is 5.83. The molecule has 15 heavy (non-hydrogen) atoms. The first-order valence-electron chi connectivity index (χ1n) is 4.71. The van der Waals surface area contributed by atoms with Crippen LogP contribution in [-0.4, -0.2) is 22.8 Å². The van der Waals surface area contributed by atoms with Crippen LogP contribution in [0.15, 0.2) is 18.3 Å². The lowest BCUT2D eigenvalue weighted by atomic mass is 10.4. The average molecular weight is 273 g/mol. The standard InChI is InChI=1S/C10H13BrN2O2/c1-2-15-10-4-3-8(7-12-10)13-9(14)5-6-11/h3-4,7H,2,5-6H2,1H3,(H,13,14). The number of nitrogens with zero attached hydrogens (tertiary/aromatic N) is 1. The summed E-state index contributed by atoms with van der Waals surface area (Å²) < 4.78 is 5.18. The molecule has 0 fully saturated rings. The van der Waals surface area contributed by atoms with E-state index >= 15 is 0 Å². The van der Waals surface area contributed by atoms with Gasteiger partial charge >= 0.3 is 0 Å². The lowest BCUT2D eigenvalue weighted by molar-refractivity contribution is -0.115. The van der Waals surface area contributed by atoms with E-state index in [4.69, 9.17) is 4.74 Å². The third kappa shape index (κ3) is 4.29. The molecule has 1 amide bonds. The van der Waals surface area contributed by atoms with Crippen LogP contribution in [-0.2, 0) is 4.79 Å². The lowest BCUT2D eigenvalue weighted by Gasteiger charge is -2.05. The Hall–Kier alpha value is -1.10. The van der Waals surface area contributed by atoms with Gasteiger partial charge in [-0.05, 0) is 13.0 Å². The molecule has 4 nitrogen and oxygen atoms in total. The summed E-state index contributed by atoms with van der Waals surface area (Å²) in [4.78, 5) is 15.3. The highest BCUT2D eigenvalue weighted by Gasteiger charge is 2.01. The van der Waals surface area contributed by atoms with E-state index in [1.165, 1.54) is 0 Å². The zero-order valence-electron chi connectivity index (χ0n) is 8.50. The number of amides is 1. The molecule has 0 aliphatic rings. The number of carbonyl (C=O) groups is 1. The summed E-state index contributed by atoms with van der Waals surface area (Å²) in [6.45, 7) is 2.48. The third-order valence-electron chi connectivity index (χ3n) is 1.63. The third-order valence-corrected chi connectivity index (χ3v) is 2.03. The van der Waals surface area contributed by atoms with Crippen molar-refractivity contribution in [2.24, 2.45) is 0 Å². The van der Waals surface area contributed by atoms with Gasteiger partial charge < -0.3 is 10.1 Å². The average Bonchev–Trinajstić information content (AvgIpc) is 2.22. The molecule has 1 rings (SSSR count). The fourth-order valence-electron chi connectivity index (χ4n) is 0.997. The molecule has 0 spiro atoms. The van der Waals surface area contributed by atoms with Gasteiger partial charge in [-0.25, -0.2) is 4.98 Å². The van der Waals surface area contributed by atoms with Gasteiger partial charge in [-0.1, -0.05) is 15.9 Å². The van der Waals surface area contributed by atoms with Gasteiger partial charge in [0.2, 0.25) is 11.8 Å². The second kappa shape index (κ2) is 6.40. The Morgan fingerprint density at radius 3 is 2.93 bits per heavy atom. The monoisotopic (exact) mass is 272 g/mol. The van der Waals surface area contributed by atoms with Crippen molar-refractivity contribution < 1.29 is 9.53 Å². The van der Waals surface area contributed by atoms with Gasteiger partial charge in [-0.15, -0.1) is 0 Å². The molecule has 0 radical (unpaired) electrons. The molecule has 0 unspecified atom stereocenters. The normalized spacial score (nSPS) is 9.73.